The Kier molecular flexibility index (Phi) is 7.81. The van der Waals surface area contributed by atoms with Crippen LogP contribution in [0.25, 0.3) is 0 Å². The van der Waals surface area contributed by atoms with Crippen LogP contribution in [0, 0.1) is 0 Å². The van der Waals surface area contributed by atoms with Gasteiger partial charge in [0.1, 0.15) is 5.75 Å². The van der Waals surface area contributed by atoms with E-state index in [1.165, 1.54) is 5.56 Å². The maximum absolute atomic E-state index is 6.13. The molecule has 0 radical (unpaired) electrons. The summed E-state index contributed by atoms with van der Waals surface area (Å²) in [6, 6.07) is 5.94. The highest BCUT2D eigenvalue weighted by atomic mass is 35.5. The number of nitrogens with one attached hydrogen (secondary N) is 2. The van der Waals surface area contributed by atoms with Crippen LogP contribution in [0.1, 0.15) is 25.8 Å². The molecule has 0 aromatic heterocycles. The van der Waals surface area contributed by atoms with Gasteiger partial charge in [0.2, 0.25) is 0 Å². The van der Waals surface area contributed by atoms with E-state index < -0.39 is 0 Å². The quantitative estimate of drug-likeness (QED) is 0.677. The lowest BCUT2D eigenvalue weighted by Gasteiger charge is -2.09. The lowest BCUT2D eigenvalue weighted by atomic mass is 10.2. The van der Waals surface area contributed by atoms with E-state index in [9.17, 15) is 0 Å². The molecule has 0 heterocycles. The maximum Gasteiger partial charge on any atom is 0.137 e. The Hall–Kier alpha value is -0.770. The van der Waals surface area contributed by atoms with Gasteiger partial charge in [-0.05, 0) is 50.7 Å². The number of benzene rings is 1. The number of halogens is 1. The van der Waals surface area contributed by atoms with Crippen molar-refractivity contribution in [3.63, 3.8) is 0 Å². The molecule has 1 rings (SSSR count). The minimum atomic E-state index is 0.641. The standard InChI is InChI=1S/C14H23ClN2O/c1-3-16-8-5-9-17-11-12-6-7-14(18-4-2)13(15)10-12/h6-7,10,16-17H,3-5,8-9,11H2,1-2H3. The summed E-state index contributed by atoms with van der Waals surface area (Å²) in [5.74, 6) is 0.759. The molecule has 0 bridgehead atoms. The predicted molar refractivity (Wildman–Crippen MR) is 77.5 cm³/mol. The molecule has 0 atom stereocenters. The Morgan fingerprint density at radius 1 is 1.17 bits per heavy atom. The van der Waals surface area contributed by atoms with Gasteiger partial charge in [0.05, 0.1) is 11.6 Å². The second kappa shape index (κ2) is 9.20. The molecule has 0 saturated heterocycles. The van der Waals surface area contributed by atoms with Crippen LogP contribution >= 0.6 is 11.6 Å². The zero-order valence-electron chi connectivity index (χ0n) is 11.3. The van der Waals surface area contributed by atoms with Crippen LogP contribution in [-0.4, -0.2) is 26.2 Å². The highest BCUT2D eigenvalue weighted by Gasteiger charge is 2.02. The van der Waals surface area contributed by atoms with Crippen molar-refractivity contribution in [2.75, 3.05) is 26.2 Å². The summed E-state index contributed by atoms with van der Waals surface area (Å²) in [5, 5.41) is 7.38. The van der Waals surface area contributed by atoms with Crippen LogP contribution in [-0.2, 0) is 6.54 Å². The highest BCUT2D eigenvalue weighted by Crippen LogP contribution is 2.25. The number of hydrogen-bond acceptors (Lipinski definition) is 3. The van der Waals surface area contributed by atoms with Crippen molar-refractivity contribution >= 4 is 11.6 Å². The van der Waals surface area contributed by atoms with Crippen LogP contribution in [0.4, 0.5) is 0 Å². The van der Waals surface area contributed by atoms with Crippen LogP contribution in [0.5, 0.6) is 5.75 Å². The first-order valence-corrected chi connectivity index (χ1v) is 6.98. The van der Waals surface area contributed by atoms with E-state index in [2.05, 4.69) is 17.6 Å². The van der Waals surface area contributed by atoms with Crippen molar-refractivity contribution in [3.05, 3.63) is 28.8 Å². The van der Waals surface area contributed by atoms with E-state index >= 15 is 0 Å². The van der Waals surface area contributed by atoms with Crippen molar-refractivity contribution in [2.24, 2.45) is 0 Å². The van der Waals surface area contributed by atoms with Gasteiger partial charge in [0.25, 0.3) is 0 Å². The van der Waals surface area contributed by atoms with Gasteiger partial charge in [-0.3, -0.25) is 0 Å². The summed E-state index contributed by atoms with van der Waals surface area (Å²) >= 11 is 6.13. The minimum absolute atomic E-state index is 0.641. The molecule has 0 aliphatic rings. The number of rotatable bonds is 9. The first-order valence-electron chi connectivity index (χ1n) is 6.60. The van der Waals surface area contributed by atoms with E-state index in [0.29, 0.717) is 11.6 Å². The van der Waals surface area contributed by atoms with Crippen molar-refractivity contribution in [3.8, 4) is 5.75 Å². The number of hydrogen-bond donors (Lipinski definition) is 2. The Morgan fingerprint density at radius 3 is 2.61 bits per heavy atom. The van der Waals surface area contributed by atoms with Crippen LogP contribution in [0.2, 0.25) is 5.02 Å². The smallest absolute Gasteiger partial charge is 0.137 e. The topological polar surface area (TPSA) is 33.3 Å². The summed E-state index contributed by atoms with van der Waals surface area (Å²) in [4.78, 5) is 0. The lowest BCUT2D eigenvalue weighted by molar-refractivity contribution is 0.340. The van der Waals surface area contributed by atoms with Gasteiger partial charge in [-0.25, -0.2) is 0 Å². The third-order valence-electron chi connectivity index (χ3n) is 2.58. The van der Waals surface area contributed by atoms with Crippen molar-refractivity contribution in [1.29, 1.82) is 0 Å². The third-order valence-corrected chi connectivity index (χ3v) is 2.88. The SMILES string of the molecule is CCNCCCNCc1ccc(OCC)c(Cl)c1. The van der Waals surface area contributed by atoms with Gasteiger partial charge >= 0.3 is 0 Å². The molecule has 0 fully saturated rings. The molecule has 102 valence electrons. The van der Waals surface area contributed by atoms with Crippen LogP contribution in [0.3, 0.4) is 0 Å². The average Bonchev–Trinajstić information content (AvgIpc) is 2.37. The van der Waals surface area contributed by atoms with Crippen molar-refractivity contribution < 1.29 is 4.74 Å². The van der Waals surface area contributed by atoms with E-state index in [1.54, 1.807) is 0 Å². The Bertz CT molecular complexity index is 345. The molecular formula is C14H23ClN2O. The first kappa shape index (κ1) is 15.3. The van der Waals surface area contributed by atoms with E-state index in [1.807, 2.05) is 25.1 Å². The molecule has 0 aliphatic carbocycles. The summed E-state index contributed by atoms with van der Waals surface area (Å²) in [6.07, 6.45) is 1.14. The molecule has 0 amide bonds. The van der Waals surface area contributed by atoms with E-state index in [0.717, 1.165) is 38.3 Å². The molecule has 0 saturated carbocycles. The zero-order valence-corrected chi connectivity index (χ0v) is 12.0. The zero-order chi connectivity index (χ0) is 13.2. The summed E-state index contributed by atoms with van der Waals surface area (Å²) in [6.45, 7) is 8.67. The fourth-order valence-electron chi connectivity index (χ4n) is 1.67. The summed E-state index contributed by atoms with van der Waals surface area (Å²) in [7, 11) is 0. The second-order valence-corrected chi connectivity index (χ2v) is 4.49. The van der Waals surface area contributed by atoms with Gasteiger partial charge in [0, 0.05) is 6.54 Å². The Balaban J connectivity index is 2.28. The predicted octanol–water partition coefficient (Wildman–Crippen LogP) is 2.83. The molecule has 2 N–H and O–H groups in total. The monoisotopic (exact) mass is 270 g/mol. The normalized spacial score (nSPS) is 10.6. The average molecular weight is 271 g/mol. The first-order chi connectivity index (χ1) is 8.77. The molecule has 18 heavy (non-hydrogen) atoms. The maximum atomic E-state index is 6.13. The second-order valence-electron chi connectivity index (χ2n) is 4.08. The van der Waals surface area contributed by atoms with Crippen molar-refractivity contribution in [2.45, 2.75) is 26.8 Å². The van der Waals surface area contributed by atoms with Gasteiger partial charge in [-0.15, -0.1) is 0 Å². The molecule has 1 aromatic carbocycles. The summed E-state index contributed by atoms with van der Waals surface area (Å²) < 4.78 is 5.40. The molecule has 4 heteroatoms. The summed E-state index contributed by atoms with van der Waals surface area (Å²) in [5.41, 5.74) is 1.19. The van der Waals surface area contributed by atoms with Crippen molar-refractivity contribution in [1.82, 2.24) is 10.6 Å². The van der Waals surface area contributed by atoms with Gasteiger partial charge in [-0.2, -0.15) is 0 Å². The molecule has 0 aliphatic heterocycles. The molecule has 0 unspecified atom stereocenters. The fourth-order valence-corrected chi connectivity index (χ4v) is 1.93. The Labute approximate surface area is 115 Å². The van der Waals surface area contributed by atoms with Gasteiger partial charge in [-0.1, -0.05) is 24.6 Å². The third kappa shape index (κ3) is 5.71. The van der Waals surface area contributed by atoms with Gasteiger partial charge in [0.15, 0.2) is 0 Å². The highest BCUT2D eigenvalue weighted by molar-refractivity contribution is 6.32. The van der Waals surface area contributed by atoms with Gasteiger partial charge < -0.3 is 15.4 Å². The largest absolute Gasteiger partial charge is 0.492 e. The lowest BCUT2D eigenvalue weighted by Crippen LogP contribution is -2.21. The van der Waals surface area contributed by atoms with E-state index in [-0.39, 0.29) is 0 Å². The Morgan fingerprint density at radius 2 is 1.94 bits per heavy atom. The molecule has 3 nitrogen and oxygen atoms in total. The number of ether oxygens (including phenoxy) is 1. The molecular weight excluding hydrogens is 248 g/mol. The van der Waals surface area contributed by atoms with Crippen LogP contribution in [0.15, 0.2) is 18.2 Å². The van der Waals surface area contributed by atoms with E-state index in [4.69, 9.17) is 16.3 Å². The minimum Gasteiger partial charge on any atom is -0.492 e. The molecule has 0 spiro atoms. The molecule has 1 aromatic rings. The van der Waals surface area contributed by atoms with Crippen LogP contribution < -0.4 is 15.4 Å². The fraction of sp³-hybridized carbons (Fsp3) is 0.571.